The van der Waals surface area contributed by atoms with Crippen molar-refractivity contribution in [2.24, 2.45) is 0 Å². The lowest BCUT2D eigenvalue weighted by Gasteiger charge is -2.35. The second-order valence-electron chi connectivity index (χ2n) is 7.31. The van der Waals surface area contributed by atoms with Gasteiger partial charge in [0.1, 0.15) is 0 Å². The van der Waals surface area contributed by atoms with E-state index in [4.69, 9.17) is 0 Å². The summed E-state index contributed by atoms with van der Waals surface area (Å²) < 4.78 is 0. The molecule has 2 aliphatic rings. The minimum absolute atomic E-state index is 0.885. The molecular formula is C19H38N2. The zero-order valence-electron chi connectivity index (χ0n) is 14.5. The second-order valence-corrected chi connectivity index (χ2v) is 7.31. The Morgan fingerprint density at radius 1 is 0.762 bits per heavy atom. The summed E-state index contributed by atoms with van der Waals surface area (Å²) in [5.74, 6) is 0. The predicted octanol–water partition coefficient (Wildman–Crippen LogP) is 4.69. The molecule has 2 nitrogen and oxygen atoms in total. The number of hydrogen-bond donors (Lipinski definition) is 0. The third-order valence-corrected chi connectivity index (χ3v) is 5.47. The standard InChI is InChI=1S/C19H38N2/c1-2-3-4-5-6-7-8-10-14-20-15-12-17-21-16-11-9-13-19(21)18-20/h19H,2-18H2,1H3. The fraction of sp³-hybridized carbons (Fsp3) is 1.00. The molecule has 0 aromatic carbocycles. The molecule has 0 aromatic rings. The Morgan fingerprint density at radius 3 is 2.29 bits per heavy atom. The maximum atomic E-state index is 2.78. The van der Waals surface area contributed by atoms with Gasteiger partial charge in [0.05, 0.1) is 0 Å². The van der Waals surface area contributed by atoms with Crippen LogP contribution < -0.4 is 0 Å². The quantitative estimate of drug-likeness (QED) is 0.569. The Kier molecular flexibility index (Phi) is 8.73. The molecule has 124 valence electrons. The lowest BCUT2D eigenvalue weighted by Crippen LogP contribution is -2.44. The first-order valence-corrected chi connectivity index (χ1v) is 9.86. The molecule has 0 radical (unpaired) electrons. The normalized spacial score (nSPS) is 24.7. The van der Waals surface area contributed by atoms with Crippen molar-refractivity contribution in [1.82, 2.24) is 9.80 Å². The molecule has 0 amide bonds. The summed E-state index contributed by atoms with van der Waals surface area (Å²) in [4.78, 5) is 5.55. The first-order chi connectivity index (χ1) is 10.4. The summed E-state index contributed by atoms with van der Waals surface area (Å²) in [6, 6.07) is 0.885. The summed E-state index contributed by atoms with van der Waals surface area (Å²) in [6.45, 7) is 9.10. The van der Waals surface area contributed by atoms with Crippen molar-refractivity contribution in [1.29, 1.82) is 0 Å². The Labute approximate surface area is 133 Å². The van der Waals surface area contributed by atoms with Crippen molar-refractivity contribution < 1.29 is 0 Å². The molecule has 0 spiro atoms. The van der Waals surface area contributed by atoms with Crippen LogP contribution in [0.25, 0.3) is 0 Å². The molecule has 0 bridgehead atoms. The molecule has 1 unspecified atom stereocenters. The van der Waals surface area contributed by atoms with E-state index in [1.807, 2.05) is 0 Å². The Bertz CT molecular complexity index is 254. The van der Waals surface area contributed by atoms with Gasteiger partial charge in [-0.1, -0.05) is 58.3 Å². The fourth-order valence-electron chi connectivity index (χ4n) is 4.12. The minimum atomic E-state index is 0.885. The first-order valence-electron chi connectivity index (χ1n) is 9.86. The highest BCUT2D eigenvalue weighted by atomic mass is 15.2. The van der Waals surface area contributed by atoms with Crippen molar-refractivity contribution in [2.45, 2.75) is 90.0 Å². The maximum Gasteiger partial charge on any atom is 0.0223 e. The highest BCUT2D eigenvalue weighted by Crippen LogP contribution is 2.21. The maximum absolute atomic E-state index is 2.78. The fourth-order valence-corrected chi connectivity index (χ4v) is 4.12. The van der Waals surface area contributed by atoms with Crippen molar-refractivity contribution in [3.8, 4) is 0 Å². The van der Waals surface area contributed by atoms with Crippen molar-refractivity contribution >= 4 is 0 Å². The SMILES string of the molecule is CCCCCCCCCCN1CCCN2CCCCC2C1. The second kappa shape index (κ2) is 10.6. The Balaban J connectivity index is 1.52. The van der Waals surface area contributed by atoms with E-state index in [0.29, 0.717) is 0 Å². The molecule has 1 atom stereocenters. The van der Waals surface area contributed by atoms with Gasteiger partial charge < -0.3 is 4.90 Å². The summed E-state index contributed by atoms with van der Waals surface area (Å²) >= 11 is 0. The molecule has 0 saturated carbocycles. The van der Waals surface area contributed by atoms with E-state index in [9.17, 15) is 0 Å². The zero-order valence-corrected chi connectivity index (χ0v) is 14.5. The number of nitrogens with zero attached hydrogens (tertiary/aromatic N) is 2. The van der Waals surface area contributed by atoms with Crippen LogP contribution in [-0.2, 0) is 0 Å². The Morgan fingerprint density at radius 2 is 1.48 bits per heavy atom. The number of fused-ring (bicyclic) bond motifs is 1. The highest BCUT2D eigenvalue weighted by molar-refractivity contribution is 4.83. The number of hydrogen-bond acceptors (Lipinski definition) is 2. The predicted molar refractivity (Wildman–Crippen MR) is 92.9 cm³/mol. The number of piperidine rings is 1. The van der Waals surface area contributed by atoms with Gasteiger partial charge in [-0.3, -0.25) is 4.90 Å². The van der Waals surface area contributed by atoms with Crippen LogP contribution in [0.3, 0.4) is 0 Å². The third kappa shape index (κ3) is 6.69. The Hall–Kier alpha value is -0.0800. The van der Waals surface area contributed by atoms with Crippen molar-refractivity contribution in [3.63, 3.8) is 0 Å². The number of unbranched alkanes of at least 4 members (excludes halogenated alkanes) is 7. The zero-order chi connectivity index (χ0) is 14.8. The molecule has 0 N–H and O–H groups in total. The van der Waals surface area contributed by atoms with E-state index in [1.54, 1.807) is 0 Å². The molecule has 0 aliphatic carbocycles. The molecule has 2 saturated heterocycles. The van der Waals surface area contributed by atoms with Crippen LogP contribution in [-0.4, -0.2) is 48.6 Å². The molecule has 0 aromatic heterocycles. The van der Waals surface area contributed by atoms with Crippen LogP contribution in [0.2, 0.25) is 0 Å². The summed E-state index contributed by atoms with van der Waals surface area (Å²) in [7, 11) is 0. The van der Waals surface area contributed by atoms with Crippen LogP contribution in [0.15, 0.2) is 0 Å². The van der Waals surface area contributed by atoms with Crippen LogP contribution in [0.5, 0.6) is 0 Å². The van der Waals surface area contributed by atoms with E-state index in [0.717, 1.165) is 6.04 Å². The molecule has 2 fully saturated rings. The van der Waals surface area contributed by atoms with E-state index >= 15 is 0 Å². The van der Waals surface area contributed by atoms with Crippen LogP contribution in [0.1, 0.15) is 84.0 Å². The monoisotopic (exact) mass is 294 g/mol. The minimum Gasteiger partial charge on any atom is -0.302 e. The van der Waals surface area contributed by atoms with Crippen LogP contribution >= 0.6 is 0 Å². The molecule has 2 aliphatic heterocycles. The van der Waals surface area contributed by atoms with Gasteiger partial charge in [0, 0.05) is 12.6 Å². The average molecular weight is 295 g/mol. The number of rotatable bonds is 9. The molecular weight excluding hydrogens is 256 g/mol. The topological polar surface area (TPSA) is 6.48 Å². The van der Waals surface area contributed by atoms with Gasteiger partial charge in [0.15, 0.2) is 0 Å². The van der Waals surface area contributed by atoms with E-state index < -0.39 is 0 Å². The van der Waals surface area contributed by atoms with Gasteiger partial charge in [0.2, 0.25) is 0 Å². The van der Waals surface area contributed by atoms with Crippen LogP contribution in [0.4, 0.5) is 0 Å². The summed E-state index contributed by atoms with van der Waals surface area (Å²) in [5.41, 5.74) is 0. The third-order valence-electron chi connectivity index (χ3n) is 5.47. The summed E-state index contributed by atoms with van der Waals surface area (Å²) in [5, 5.41) is 0. The van der Waals surface area contributed by atoms with Gasteiger partial charge in [0.25, 0.3) is 0 Å². The molecule has 2 heterocycles. The van der Waals surface area contributed by atoms with E-state index in [2.05, 4.69) is 16.7 Å². The smallest absolute Gasteiger partial charge is 0.0223 e. The lowest BCUT2D eigenvalue weighted by atomic mass is 10.0. The molecule has 21 heavy (non-hydrogen) atoms. The van der Waals surface area contributed by atoms with Crippen LogP contribution in [0, 0.1) is 0 Å². The van der Waals surface area contributed by atoms with Gasteiger partial charge in [-0.15, -0.1) is 0 Å². The van der Waals surface area contributed by atoms with E-state index in [-0.39, 0.29) is 0 Å². The van der Waals surface area contributed by atoms with Gasteiger partial charge >= 0.3 is 0 Å². The van der Waals surface area contributed by atoms with Gasteiger partial charge in [-0.25, -0.2) is 0 Å². The van der Waals surface area contributed by atoms with E-state index in [1.165, 1.54) is 110 Å². The van der Waals surface area contributed by atoms with Gasteiger partial charge in [-0.2, -0.15) is 0 Å². The molecule has 2 heteroatoms. The first kappa shape index (κ1) is 17.3. The van der Waals surface area contributed by atoms with Crippen molar-refractivity contribution in [2.75, 3.05) is 32.7 Å². The largest absolute Gasteiger partial charge is 0.302 e. The lowest BCUT2D eigenvalue weighted by molar-refractivity contribution is 0.136. The van der Waals surface area contributed by atoms with Crippen molar-refractivity contribution in [3.05, 3.63) is 0 Å². The highest BCUT2D eigenvalue weighted by Gasteiger charge is 2.26. The summed E-state index contributed by atoms with van der Waals surface area (Å²) in [6.07, 6.45) is 17.3. The van der Waals surface area contributed by atoms with Gasteiger partial charge in [-0.05, 0) is 51.9 Å². The average Bonchev–Trinajstić information content (AvgIpc) is 2.71. The molecule has 2 rings (SSSR count).